The largest absolute Gasteiger partial charge is 0.496 e. The van der Waals surface area contributed by atoms with E-state index in [0.29, 0.717) is 40.1 Å². The van der Waals surface area contributed by atoms with Crippen LogP contribution in [0.5, 0.6) is 17.2 Å². The van der Waals surface area contributed by atoms with Gasteiger partial charge in [-0.15, -0.1) is 12.4 Å². The van der Waals surface area contributed by atoms with Crippen LogP contribution < -0.4 is 25.3 Å². The molecule has 1 unspecified atom stereocenters. The Kier molecular flexibility index (Phi) is 8.35. The second kappa shape index (κ2) is 9.99. The molecule has 26 heavy (non-hydrogen) atoms. The maximum absolute atomic E-state index is 12.4. The molecule has 1 amide bonds. The number of anilines is 1. The average Bonchev–Trinajstić information content (AvgIpc) is 2.62. The first kappa shape index (κ1) is 21.7. The van der Waals surface area contributed by atoms with E-state index in [-0.39, 0.29) is 24.4 Å². The first-order valence-electron chi connectivity index (χ1n) is 7.67. The number of methoxy groups -OCH3 is 2. The van der Waals surface area contributed by atoms with Crippen LogP contribution in [0.1, 0.15) is 17.3 Å². The molecule has 0 aliphatic rings. The fraction of sp³-hybridized carbons (Fsp3) is 0.278. The van der Waals surface area contributed by atoms with Gasteiger partial charge in [-0.2, -0.15) is 0 Å². The molecule has 2 aromatic carbocycles. The Morgan fingerprint density at radius 1 is 1.15 bits per heavy atom. The maximum atomic E-state index is 12.4. The summed E-state index contributed by atoms with van der Waals surface area (Å²) in [7, 11) is 3.04. The molecule has 2 rings (SSSR count). The number of carbonyl (C=O) groups is 1. The zero-order valence-electron chi connectivity index (χ0n) is 14.7. The summed E-state index contributed by atoms with van der Waals surface area (Å²) in [5.41, 5.74) is 6.39. The van der Waals surface area contributed by atoms with Crippen molar-refractivity contribution >= 4 is 35.6 Å². The Morgan fingerprint density at radius 3 is 2.38 bits per heavy atom. The van der Waals surface area contributed by atoms with Gasteiger partial charge in [-0.05, 0) is 25.1 Å². The van der Waals surface area contributed by atoms with Gasteiger partial charge in [-0.25, -0.2) is 0 Å². The number of amides is 1. The predicted molar refractivity (Wildman–Crippen MR) is 105 cm³/mol. The molecule has 0 spiro atoms. The van der Waals surface area contributed by atoms with Gasteiger partial charge in [0.15, 0.2) is 11.5 Å². The van der Waals surface area contributed by atoms with E-state index in [4.69, 9.17) is 31.5 Å². The molecule has 3 N–H and O–H groups in total. The lowest BCUT2D eigenvalue weighted by Gasteiger charge is -2.18. The van der Waals surface area contributed by atoms with Crippen molar-refractivity contribution in [2.24, 2.45) is 0 Å². The van der Waals surface area contributed by atoms with Crippen molar-refractivity contribution in [3.05, 3.63) is 47.0 Å². The lowest BCUT2D eigenvalue weighted by molar-refractivity contribution is 0.0928. The number of ether oxygens (including phenoxy) is 3. The van der Waals surface area contributed by atoms with Crippen molar-refractivity contribution in [3.63, 3.8) is 0 Å². The summed E-state index contributed by atoms with van der Waals surface area (Å²) in [5.74, 6) is 1.28. The highest BCUT2D eigenvalue weighted by atomic mass is 35.5. The van der Waals surface area contributed by atoms with Gasteiger partial charge >= 0.3 is 0 Å². The minimum Gasteiger partial charge on any atom is -0.496 e. The van der Waals surface area contributed by atoms with Crippen LogP contribution in [0.2, 0.25) is 5.02 Å². The van der Waals surface area contributed by atoms with E-state index in [1.54, 1.807) is 13.2 Å². The summed E-state index contributed by atoms with van der Waals surface area (Å²) in [6.45, 7) is 2.14. The number of hydrogen-bond donors (Lipinski definition) is 2. The summed E-state index contributed by atoms with van der Waals surface area (Å²) in [4.78, 5) is 12.4. The van der Waals surface area contributed by atoms with E-state index < -0.39 is 0 Å². The zero-order valence-corrected chi connectivity index (χ0v) is 16.3. The number of rotatable bonds is 7. The van der Waals surface area contributed by atoms with Crippen LogP contribution in [0, 0.1) is 0 Å². The van der Waals surface area contributed by atoms with Crippen LogP contribution >= 0.6 is 24.0 Å². The smallest absolute Gasteiger partial charge is 0.255 e. The lowest BCUT2D eigenvalue weighted by atomic mass is 10.1. The second-order valence-corrected chi connectivity index (χ2v) is 5.77. The summed E-state index contributed by atoms with van der Waals surface area (Å²) in [5, 5.41) is 3.09. The normalized spacial score (nSPS) is 11.1. The molecule has 1 atom stereocenters. The van der Waals surface area contributed by atoms with Crippen LogP contribution in [-0.2, 0) is 0 Å². The van der Waals surface area contributed by atoms with Crippen molar-refractivity contribution in [2.75, 3.05) is 26.5 Å². The van der Waals surface area contributed by atoms with Crippen molar-refractivity contribution in [1.82, 2.24) is 5.32 Å². The van der Waals surface area contributed by atoms with Crippen molar-refractivity contribution in [1.29, 1.82) is 0 Å². The molecule has 0 bridgehead atoms. The Labute approximate surface area is 164 Å². The molecular formula is C18H22Cl2N2O4. The first-order valence-corrected chi connectivity index (χ1v) is 8.05. The van der Waals surface area contributed by atoms with E-state index in [1.807, 2.05) is 25.1 Å². The monoisotopic (exact) mass is 400 g/mol. The molecule has 0 heterocycles. The fourth-order valence-electron chi connectivity index (χ4n) is 2.22. The minimum atomic E-state index is -0.325. The quantitative estimate of drug-likeness (QED) is 0.694. The third kappa shape index (κ3) is 5.34. The number of nitrogens with two attached hydrogens (primary N) is 1. The fourth-order valence-corrected chi connectivity index (χ4v) is 2.39. The highest BCUT2D eigenvalue weighted by Gasteiger charge is 2.16. The van der Waals surface area contributed by atoms with Gasteiger partial charge in [-0.3, -0.25) is 4.79 Å². The van der Waals surface area contributed by atoms with E-state index in [2.05, 4.69) is 5.32 Å². The van der Waals surface area contributed by atoms with Crippen molar-refractivity contribution in [2.45, 2.75) is 13.0 Å². The average molecular weight is 401 g/mol. The Bertz CT molecular complexity index is 756. The van der Waals surface area contributed by atoms with Gasteiger partial charge in [0.2, 0.25) is 0 Å². The van der Waals surface area contributed by atoms with Crippen molar-refractivity contribution in [3.8, 4) is 17.2 Å². The number of hydrogen-bond acceptors (Lipinski definition) is 5. The Hall–Kier alpha value is -2.31. The molecule has 0 aliphatic heterocycles. The summed E-state index contributed by atoms with van der Waals surface area (Å²) in [6, 6.07) is 10.3. The van der Waals surface area contributed by atoms with Crippen LogP contribution in [0.25, 0.3) is 0 Å². The molecule has 0 fully saturated rings. The molecular weight excluding hydrogens is 379 g/mol. The van der Waals surface area contributed by atoms with Gasteiger partial charge in [0, 0.05) is 6.07 Å². The van der Waals surface area contributed by atoms with Crippen LogP contribution in [-0.4, -0.2) is 32.8 Å². The Balaban J connectivity index is 0.00000338. The first-order chi connectivity index (χ1) is 12.0. The second-order valence-electron chi connectivity index (χ2n) is 5.36. The number of nitrogen functional groups attached to an aromatic ring is 1. The third-order valence-corrected chi connectivity index (χ3v) is 3.84. The van der Waals surface area contributed by atoms with E-state index >= 15 is 0 Å². The molecule has 0 aliphatic carbocycles. The predicted octanol–water partition coefficient (Wildman–Crippen LogP) is 3.56. The highest BCUT2D eigenvalue weighted by Crippen LogP contribution is 2.29. The van der Waals surface area contributed by atoms with Gasteiger partial charge in [-0.1, -0.05) is 23.7 Å². The number of carbonyl (C=O) groups excluding carboxylic acids is 1. The molecule has 0 radical (unpaired) electrons. The van der Waals surface area contributed by atoms with Gasteiger partial charge < -0.3 is 25.3 Å². The molecule has 0 saturated carbocycles. The minimum absolute atomic E-state index is 0. The molecule has 0 aromatic heterocycles. The summed E-state index contributed by atoms with van der Waals surface area (Å²) in [6.07, 6.45) is -0.268. The van der Waals surface area contributed by atoms with Crippen LogP contribution in [0.15, 0.2) is 36.4 Å². The number of benzene rings is 2. The van der Waals surface area contributed by atoms with Gasteiger partial charge in [0.25, 0.3) is 5.91 Å². The summed E-state index contributed by atoms with van der Waals surface area (Å²) >= 11 is 5.99. The summed E-state index contributed by atoms with van der Waals surface area (Å²) < 4.78 is 16.2. The standard InChI is InChI=1S/C18H21ClN2O4.ClH/c1-11(25-16-7-5-4-6-15(16)23-2)10-21-18(22)12-8-13(19)14(20)9-17(12)24-3;/h4-9,11H,10,20H2,1-3H3,(H,21,22);1H. The van der Waals surface area contributed by atoms with Gasteiger partial charge in [0.05, 0.1) is 37.0 Å². The van der Waals surface area contributed by atoms with Gasteiger partial charge in [0.1, 0.15) is 11.9 Å². The molecule has 2 aromatic rings. The topological polar surface area (TPSA) is 82.8 Å². The number of nitrogens with one attached hydrogen (secondary N) is 1. The Morgan fingerprint density at radius 2 is 1.77 bits per heavy atom. The maximum Gasteiger partial charge on any atom is 0.255 e. The lowest BCUT2D eigenvalue weighted by Crippen LogP contribution is -2.33. The third-order valence-electron chi connectivity index (χ3n) is 3.51. The van der Waals surface area contributed by atoms with E-state index in [1.165, 1.54) is 19.2 Å². The van der Waals surface area contributed by atoms with Crippen LogP contribution in [0.4, 0.5) is 5.69 Å². The van der Waals surface area contributed by atoms with Crippen molar-refractivity contribution < 1.29 is 19.0 Å². The number of halogens is 2. The van der Waals surface area contributed by atoms with E-state index in [9.17, 15) is 4.79 Å². The molecule has 8 heteroatoms. The molecule has 6 nitrogen and oxygen atoms in total. The number of para-hydroxylation sites is 2. The highest BCUT2D eigenvalue weighted by molar-refractivity contribution is 6.33. The SMILES string of the molecule is COc1ccccc1OC(C)CNC(=O)c1cc(Cl)c(N)cc1OC.Cl. The van der Waals surface area contributed by atoms with Crippen LogP contribution in [0.3, 0.4) is 0 Å². The molecule has 142 valence electrons. The molecule has 0 saturated heterocycles. The zero-order chi connectivity index (χ0) is 18.4. The van der Waals surface area contributed by atoms with E-state index in [0.717, 1.165) is 0 Å².